The van der Waals surface area contributed by atoms with Gasteiger partial charge in [-0.05, 0) is 77.0 Å². The van der Waals surface area contributed by atoms with Gasteiger partial charge in [0.15, 0.2) is 0 Å². The molecule has 0 bridgehead atoms. The van der Waals surface area contributed by atoms with Crippen LogP contribution in [0.15, 0.2) is 35.9 Å². The van der Waals surface area contributed by atoms with Gasteiger partial charge in [-0.3, -0.25) is 0 Å². The maximum absolute atomic E-state index is 2.49. The van der Waals surface area contributed by atoms with Crippen molar-refractivity contribution in [2.75, 3.05) is 0 Å². The monoisotopic (exact) mass is 346 g/mol. The fourth-order valence-electron chi connectivity index (χ4n) is 4.03. The molecule has 0 atom stereocenters. The van der Waals surface area contributed by atoms with Crippen LogP contribution in [0.1, 0.15) is 93.5 Å². The van der Waals surface area contributed by atoms with Gasteiger partial charge in [0.1, 0.15) is 0 Å². The van der Waals surface area contributed by atoms with Crippen molar-refractivity contribution in [3.63, 3.8) is 0 Å². The smallest absolute Gasteiger partial charge is 0.00576 e. The average Bonchev–Trinajstić information content (AvgIpc) is 3.02. The molecule has 0 aliphatic heterocycles. The molecule has 0 heteroatoms. The quantitative estimate of drug-likeness (QED) is 0.496. The van der Waals surface area contributed by atoms with Gasteiger partial charge in [0.05, 0.1) is 0 Å². The lowest BCUT2D eigenvalue weighted by atomic mass is 9.87. The summed E-state index contributed by atoms with van der Waals surface area (Å²) in [5.41, 5.74) is 11.8. The van der Waals surface area contributed by atoms with Gasteiger partial charge in [-0.15, -0.1) is 0 Å². The molecule has 0 amide bonds. The molecule has 2 aromatic rings. The Balaban J connectivity index is 2.14. The molecular weight excluding hydrogens is 312 g/mol. The van der Waals surface area contributed by atoms with E-state index in [1.807, 2.05) is 0 Å². The van der Waals surface area contributed by atoms with E-state index in [1.165, 1.54) is 58.2 Å². The number of allylic oxidation sites excluding steroid dienone is 1. The minimum absolute atomic E-state index is 0.556. The fraction of sp³-hybridized carbons (Fsp3) is 0.462. The third-order valence-electron chi connectivity index (χ3n) is 5.76. The predicted octanol–water partition coefficient (Wildman–Crippen LogP) is 8.04. The summed E-state index contributed by atoms with van der Waals surface area (Å²) in [4.78, 5) is 0. The molecule has 0 saturated carbocycles. The van der Waals surface area contributed by atoms with Crippen molar-refractivity contribution in [1.82, 2.24) is 0 Å². The lowest BCUT2D eigenvalue weighted by Gasteiger charge is -2.18. The lowest BCUT2D eigenvalue weighted by Crippen LogP contribution is -1.97. The summed E-state index contributed by atoms with van der Waals surface area (Å²) in [6.07, 6.45) is 7.45. The molecule has 2 aromatic carbocycles. The molecule has 0 heterocycles. The van der Waals surface area contributed by atoms with Crippen LogP contribution >= 0.6 is 0 Å². The molecule has 138 valence electrons. The summed E-state index contributed by atoms with van der Waals surface area (Å²) in [5, 5.41) is 0. The molecule has 1 aliphatic rings. The molecule has 0 aromatic heterocycles. The Labute approximate surface area is 160 Å². The third kappa shape index (κ3) is 3.80. The normalized spacial score (nSPS) is 13.5. The number of fused-ring (bicyclic) bond motifs is 1. The highest BCUT2D eigenvalue weighted by Crippen LogP contribution is 2.39. The second-order valence-corrected chi connectivity index (χ2v) is 8.61. The van der Waals surface area contributed by atoms with Crippen LogP contribution in [0.3, 0.4) is 0 Å². The van der Waals surface area contributed by atoms with Crippen LogP contribution in [0.2, 0.25) is 0 Å². The van der Waals surface area contributed by atoms with Gasteiger partial charge in [-0.25, -0.2) is 0 Å². The zero-order valence-corrected chi connectivity index (χ0v) is 17.4. The SMILES string of the molecule is CCCCC1=Cc2c(ccc(C)c2-c2cc(C(C)C)cc(C(C)C)c2)C1. The highest BCUT2D eigenvalue weighted by atomic mass is 14.2. The van der Waals surface area contributed by atoms with Gasteiger partial charge < -0.3 is 0 Å². The van der Waals surface area contributed by atoms with E-state index in [0.29, 0.717) is 11.8 Å². The average molecular weight is 347 g/mol. The van der Waals surface area contributed by atoms with Crippen LogP contribution in [0.5, 0.6) is 0 Å². The van der Waals surface area contributed by atoms with Gasteiger partial charge in [-0.2, -0.15) is 0 Å². The van der Waals surface area contributed by atoms with Crippen LogP contribution in [-0.2, 0) is 6.42 Å². The van der Waals surface area contributed by atoms with E-state index in [9.17, 15) is 0 Å². The summed E-state index contributed by atoms with van der Waals surface area (Å²) in [6.45, 7) is 13.7. The molecule has 1 aliphatic carbocycles. The zero-order chi connectivity index (χ0) is 18.8. The molecule has 0 fully saturated rings. The Kier molecular flexibility index (Phi) is 5.70. The van der Waals surface area contributed by atoms with E-state index in [2.05, 4.69) is 78.0 Å². The second-order valence-electron chi connectivity index (χ2n) is 8.61. The summed E-state index contributed by atoms with van der Waals surface area (Å²) in [5.74, 6) is 1.11. The molecule has 3 rings (SSSR count). The van der Waals surface area contributed by atoms with E-state index >= 15 is 0 Å². The molecule has 0 N–H and O–H groups in total. The van der Waals surface area contributed by atoms with Crippen molar-refractivity contribution in [3.8, 4) is 11.1 Å². The highest BCUT2D eigenvalue weighted by Gasteiger charge is 2.19. The first-order valence-electron chi connectivity index (χ1n) is 10.4. The Bertz CT molecular complexity index is 792. The number of unbranched alkanes of at least 4 members (excludes halogenated alkanes) is 1. The summed E-state index contributed by atoms with van der Waals surface area (Å²) >= 11 is 0. The van der Waals surface area contributed by atoms with Crippen LogP contribution in [0.4, 0.5) is 0 Å². The van der Waals surface area contributed by atoms with Crippen LogP contribution in [0.25, 0.3) is 17.2 Å². The van der Waals surface area contributed by atoms with Crippen molar-refractivity contribution in [3.05, 3.63) is 63.7 Å². The highest BCUT2D eigenvalue weighted by molar-refractivity contribution is 5.83. The van der Waals surface area contributed by atoms with Crippen molar-refractivity contribution in [2.45, 2.75) is 79.1 Å². The lowest BCUT2D eigenvalue weighted by molar-refractivity contribution is 0.779. The van der Waals surface area contributed by atoms with Gasteiger partial charge in [0.2, 0.25) is 0 Å². The van der Waals surface area contributed by atoms with Gasteiger partial charge >= 0.3 is 0 Å². The minimum atomic E-state index is 0.556. The Morgan fingerprint density at radius 1 is 0.923 bits per heavy atom. The van der Waals surface area contributed by atoms with E-state index < -0.39 is 0 Å². The predicted molar refractivity (Wildman–Crippen MR) is 116 cm³/mol. The van der Waals surface area contributed by atoms with E-state index in [4.69, 9.17) is 0 Å². The van der Waals surface area contributed by atoms with Crippen molar-refractivity contribution in [1.29, 1.82) is 0 Å². The molecule has 0 saturated heterocycles. The molecular formula is C26H34. The maximum atomic E-state index is 2.49. The van der Waals surface area contributed by atoms with Crippen molar-refractivity contribution < 1.29 is 0 Å². The van der Waals surface area contributed by atoms with E-state index in [1.54, 1.807) is 5.57 Å². The zero-order valence-electron chi connectivity index (χ0n) is 17.4. The number of rotatable bonds is 6. The Morgan fingerprint density at radius 2 is 1.58 bits per heavy atom. The first-order chi connectivity index (χ1) is 12.4. The third-order valence-corrected chi connectivity index (χ3v) is 5.76. The van der Waals surface area contributed by atoms with Gasteiger partial charge in [0, 0.05) is 0 Å². The second kappa shape index (κ2) is 7.82. The number of hydrogen-bond acceptors (Lipinski definition) is 0. The molecule has 0 spiro atoms. The van der Waals surface area contributed by atoms with Gasteiger partial charge in [0.25, 0.3) is 0 Å². The van der Waals surface area contributed by atoms with Crippen LogP contribution < -0.4 is 0 Å². The van der Waals surface area contributed by atoms with E-state index in [0.717, 1.165) is 6.42 Å². The molecule has 26 heavy (non-hydrogen) atoms. The van der Waals surface area contributed by atoms with Crippen LogP contribution in [-0.4, -0.2) is 0 Å². The van der Waals surface area contributed by atoms with E-state index in [-0.39, 0.29) is 0 Å². The first kappa shape index (κ1) is 19.0. The van der Waals surface area contributed by atoms with Crippen molar-refractivity contribution >= 4 is 6.08 Å². The maximum Gasteiger partial charge on any atom is -0.00576 e. The fourth-order valence-corrected chi connectivity index (χ4v) is 4.03. The molecule has 0 nitrogen and oxygen atoms in total. The summed E-state index contributed by atoms with van der Waals surface area (Å²) < 4.78 is 0. The summed E-state index contributed by atoms with van der Waals surface area (Å²) in [7, 11) is 0. The Morgan fingerprint density at radius 3 is 2.15 bits per heavy atom. The van der Waals surface area contributed by atoms with Crippen molar-refractivity contribution in [2.24, 2.45) is 0 Å². The summed E-state index contributed by atoms with van der Waals surface area (Å²) in [6, 6.07) is 11.9. The number of hydrogen-bond donors (Lipinski definition) is 0. The topological polar surface area (TPSA) is 0 Å². The largest absolute Gasteiger partial charge is 0.0654 e. The first-order valence-corrected chi connectivity index (χ1v) is 10.4. The standard InChI is InChI=1S/C26H34/c1-7-8-9-20-12-21-11-10-19(6)26(25(21)13-20)24-15-22(17(2)3)14-23(16-24)18(4)5/h10-11,13-18H,7-9,12H2,1-6H3. The molecule has 0 unspecified atom stereocenters. The van der Waals surface area contributed by atoms with Gasteiger partial charge in [-0.1, -0.05) is 83.0 Å². The van der Waals surface area contributed by atoms with Crippen LogP contribution in [0, 0.1) is 6.92 Å². The number of benzene rings is 2. The minimum Gasteiger partial charge on any atom is -0.0654 e. The Hall–Kier alpha value is -1.82. The number of aryl methyl sites for hydroxylation is 1. The molecule has 0 radical (unpaired) electrons.